The summed E-state index contributed by atoms with van der Waals surface area (Å²) in [5.41, 5.74) is 18.3. The van der Waals surface area contributed by atoms with Crippen molar-refractivity contribution in [2.75, 3.05) is 5.73 Å². The van der Waals surface area contributed by atoms with Gasteiger partial charge in [0.15, 0.2) is 0 Å². The molecule has 35 heavy (non-hydrogen) atoms. The minimum Gasteiger partial charge on any atom is -0.399 e. The second-order valence-electron chi connectivity index (χ2n) is 10.3. The van der Waals surface area contributed by atoms with E-state index in [1.165, 1.54) is 71.1 Å². The van der Waals surface area contributed by atoms with Crippen LogP contribution in [0.15, 0.2) is 67.0 Å². The third-order valence-electron chi connectivity index (χ3n) is 7.64. The number of nitrogens with zero attached hydrogens (tertiary/aromatic N) is 2. The summed E-state index contributed by atoms with van der Waals surface area (Å²) in [4.78, 5) is 4.53. The maximum absolute atomic E-state index is 6.15. The van der Waals surface area contributed by atoms with Crippen molar-refractivity contribution in [1.82, 2.24) is 9.55 Å². The fourth-order valence-electron chi connectivity index (χ4n) is 5.79. The molecular formula is C32H37N3. The van der Waals surface area contributed by atoms with Gasteiger partial charge in [0.25, 0.3) is 0 Å². The van der Waals surface area contributed by atoms with Crippen molar-refractivity contribution in [3.63, 3.8) is 0 Å². The summed E-state index contributed by atoms with van der Waals surface area (Å²) >= 11 is 0. The number of imidazole rings is 1. The van der Waals surface area contributed by atoms with Gasteiger partial charge in [-0.3, -0.25) is 0 Å². The van der Waals surface area contributed by atoms with Crippen molar-refractivity contribution >= 4 is 27.9 Å². The molecule has 0 saturated heterocycles. The first-order chi connectivity index (χ1) is 17.0. The Morgan fingerprint density at radius 2 is 1.71 bits per heavy atom. The molecule has 0 radical (unpaired) electrons. The summed E-state index contributed by atoms with van der Waals surface area (Å²) in [5.74, 6) is 0.858. The lowest BCUT2D eigenvalue weighted by Crippen LogP contribution is -2.01. The Labute approximate surface area is 209 Å². The highest BCUT2D eigenvalue weighted by atomic mass is 15.0. The Balaban J connectivity index is 1.66. The molecular weight excluding hydrogens is 426 g/mol. The van der Waals surface area contributed by atoms with E-state index in [2.05, 4.69) is 85.0 Å². The number of anilines is 1. The largest absolute Gasteiger partial charge is 0.399 e. The van der Waals surface area contributed by atoms with Crippen LogP contribution < -0.4 is 5.73 Å². The van der Waals surface area contributed by atoms with Crippen molar-refractivity contribution in [3.05, 3.63) is 94.8 Å². The maximum Gasteiger partial charge on any atom is 0.0955 e. The van der Waals surface area contributed by atoms with Crippen LogP contribution in [0, 0.1) is 12.8 Å². The van der Waals surface area contributed by atoms with Crippen LogP contribution in [-0.2, 0) is 13.5 Å². The zero-order chi connectivity index (χ0) is 24.4. The number of aryl methyl sites for hydroxylation is 2. The fraction of sp³-hybridized carbons (Fsp3) is 0.344. The van der Waals surface area contributed by atoms with Gasteiger partial charge in [-0.2, -0.15) is 0 Å². The maximum atomic E-state index is 6.15. The highest BCUT2D eigenvalue weighted by molar-refractivity contribution is 6.00. The predicted molar refractivity (Wildman–Crippen MR) is 149 cm³/mol. The van der Waals surface area contributed by atoms with Crippen LogP contribution in [0.5, 0.6) is 0 Å². The molecule has 3 nitrogen and oxygen atoms in total. The molecule has 2 N–H and O–H groups in total. The SMILES string of the molecule is CCC/C(=C(/c1ccc(CC2CCCC2)cc1)c1ccc(N)cc1C)c1ccc2ncn(C)c2c1. The van der Waals surface area contributed by atoms with Crippen molar-refractivity contribution in [3.8, 4) is 0 Å². The second kappa shape index (κ2) is 10.1. The molecule has 1 aromatic heterocycles. The molecule has 5 rings (SSSR count). The fourth-order valence-corrected chi connectivity index (χ4v) is 5.79. The van der Waals surface area contributed by atoms with Crippen LogP contribution in [-0.4, -0.2) is 9.55 Å². The van der Waals surface area contributed by atoms with Gasteiger partial charge in [-0.15, -0.1) is 0 Å². The summed E-state index contributed by atoms with van der Waals surface area (Å²) in [6.07, 6.45) is 10.7. The number of fused-ring (bicyclic) bond motifs is 1. The van der Waals surface area contributed by atoms with E-state index in [1.54, 1.807) is 0 Å². The molecule has 1 aliphatic carbocycles. The Kier molecular flexibility index (Phi) is 6.77. The first-order valence-corrected chi connectivity index (χ1v) is 13.1. The first kappa shape index (κ1) is 23.4. The Morgan fingerprint density at radius 1 is 0.971 bits per heavy atom. The molecule has 3 aromatic carbocycles. The van der Waals surface area contributed by atoms with E-state index in [0.29, 0.717) is 0 Å². The molecule has 1 fully saturated rings. The molecule has 180 valence electrons. The Bertz CT molecular complexity index is 1350. The quantitative estimate of drug-likeness (QED) is 0.223. The Morgan fingerprint density at radius 3 is 2.43 bits per heavy atom. The number of rotatable bonds is 7. The lowest BCUT2D eigenvalue weighted by Gasteiger charge is -2.20. The minimum absolute atomic E-state index is 0.811. The van der Waals surface area contributed by atoms with Gasteiger partial charge >= 0.3 is 0 Å². The monoisotopic (exact) mass is 463 g/mol. The minimum atomic E-state index is 0.811. The Hall–Kier alpha value is -3.33. The topological polar surface area (TPSA) is 43.8 Å². The van der Waals surface area contributed by atoms with Crippen molar-refractivity contribution in [2.45, 2.75) is 58.8 Å². The van der Waals surface area contributed by atoms with Crippen LogP contribution in [0.1, 0.15) is 73.3 Å². The van der Waals surface area contributed by atoms with E-state index in [-0.39, 0.29) is 0 Å². The average molecular weight is 464 g/mol. The van der Waals surface area contributed by atoms with Gasteiger partial charge in [-0.1, -0.05) is 75.4 Å². The normalized spacial score (nSPS) is 15.1. The number of hydrogen-bond acceptors (Lipinski definition) is 2. The van der Waals surface area contributed by atoms with Gasteiger partial charge in [-0.05, 0) is 88.9 Å². The number of allylic oxidation sites excluding steroid dienone is 1. The molecule has 0 bridgehead atoms. The smallest absolute Gasteiger partial charge is 0.0955 e. The summed E-state index contributed by atoms with van der Waals surface area (Å²) in [6, 6.07) is 22.4. The molecule has 0 spiro atoms. The van der Waals surface area contributed by atoms with Crippen molar-refractivity contribution in [1.29, 1.82) is 0 Å². The van der Waals surface area contributed by atoms with Gasteiger partial charge in [0.1, 0.15) is 0 Å². The van der Waals surface area contributed by atoms with E-state index in [4.69, 9.17) is 5.73 Å². The number of hydrogen-bond donors (Lipinski definition) is 1. The second-order valence-corrected chi connectivity index (χ2v) is 10.3. The third-order valence-corrected chi connectivity index (χ3v) is 7.64. The molecule has 0 unspecified atom stereocenters. The number of nitrogens with two attached hydrogens (primary N) is 1. The van der Waals surface area contributed by atoms with Gasteiger partial charge in [-0.25, -0.2) is 4.98 Å². The molecule has 0 atom stereocenters. The lowest BCUT2D eigenvalue weighted by molar-refractivity contribution is 0.546. The zero-order valence-electron chi connectivity index (χ0n) is 21.3. The lowest BCUT2D eigenvalue weighted by atomic mass is 9.85. The summed E-state index contributed by atoms with van der Waals surface area (Å²) in [5, 5.41) is 0. The first-order valence-electron chi connectivity index (χ1n) is 13.1. The number of aromatic nitrogens is 2. The summed E-state index contributed by atoms with van der Waals surface area (Å²) in [6.45, 7) is 4.44. The molecule has 0 amide bonds. The number of benzene rings is 3. The molecule has 0 aliphatic heterocycles. The van der Waals surface area contributed by atoms with E-state index in [9.17, 15) is 0 Å². The average Bonchev–Trinajstić information content (AvgIpc) is 3.50. The molecule has 4 aromatic rings. The molecule has 1 saturated carbocycles. The molecule has 1 aliphatic rings. The third kappa shape index (κ3) is 4.91. The predicted octanol–water partition coefficient (Wildman–Crippen LogP) is 7.96. The number of nitrogen functional groups attached to an aromatic ring is 1. The van der Waals surface area contributed by atoms with Crippen molar-refractivity contribution < 1.29 is 0 Å². The molecule has 3 heteroatoms. The zero-order valence-corrected chi connectivity index (χ0v) is 21.3. The van der Waals surface area contributed by atoms with Crippen LogP contribution in [0.4, 0.5) is 5.69 Å². The van der Waals surface area contributed by atoms with E-state index in [0.717, 1.165) is 35.5 Å². The van der Waals surface area contributed by atoms with E-state index in [1.807, 2.05) is 12.4 Å². The molecule has 1 heterocycles. The standard InChI is InChI=1S/C32H37N3/c1-4-7-29(26-14-17-30-31(20-26)35(3)21-34-30)32(28-16-15-27(33)18-22(28)2)25-12-10-24(11-13-25)19-23-8-5-6-9-23/h10-18,20-21,23H,4-9,19,33H2,1-3H3/b32-29+. The highest BCUT2D eigenvalue weighted by Crippen LogP contribution is 2.38. The highest BCUT2D eigenvalue weighted by Gasteiger charge is 2.18. The van der Waals surface area contributed by atoms with E-state index < -0.39 is 0 Å². The van der Waals surface area contributed by atoms with E-state index >= 15 is 0 Å². The van der Waals surface area contributed by atoms with Crippen LogP contribution in [0.25, 0.3) is 22.2 Å². The summed E-state index contributed by atoms with van der Waals surface area (Å²) in [7, 11) is 2.07. The van der Waals surface area contributed by atoms with Gasteiger partial charge in [0.2, 0.25) is 0 Å². The van der Waals surface area contributed by atoms with Crippen LogP contribution in [0.3, 0.4) is 0 Å². The van der Waals surface area contributed by atoms with Gasteiger partial charge in [0, 0.05) is 12.7 Å². The van der Waals surface area contributed by atoms with Crippen LogP contribution in [0.2, 0.25) is 0 Å². The summed E-state index contributed by atoms with van der Waals surface area (Å²) < 4.78 is 2.11. The van der Waals surface area contributed by atoms with Gasteiger partial charge in [0.05, 0.1) is 17.4 Å². The van der Waals surface area contributed by atoms with Gasteiger partial charge < -0.3 is 10.3 Å². The van der Waals surface area contributed by atoms with Crippen molar-refractivity contribution in [2.24, 2.45) is 13.0 Å². The van der Waals surface area contributed by atoms with Crippen LogP contribution >= 0.6 is 0 Å².